The van der Waals surface area contributed by atoms with E-state index in [0.29, 0.717) is 25.9 Å². The maximum absolute atomic E-state index is 13.6. The molecular formula is C25H34N2O6. The van der Waals surface area contributed by atoms with Gasteiger partial charge in [-0.1, -0.05) is 43.2 Å². The number of nitrogens with one attached hydrogen (secondary N) is 1. The van der Waals surface area contributed by atoms with Gasteiger partial charge in [-0.25, -0.2) is 0 Å². The number of hydrogen-bond donors (Lipinski definition) is 2. The summed E-state index contributed by atoms with van der Waals surface area (Å²) in [7, 11) is 0. The zero-order valence-electron chi connectivity index (χ0n) is 19.2. The van der Waals surface area contributed by atoms with Crippen molar-refractivity contribution in [2.24, 2.45) is 11.8 Å². The lowest BCUT2D eigenvalue weighted by atomic mass is 9.71. The number of rotatable bonds is 11. The third-order valence-corrected chi connectivity index (χ3v) is 7.22. The Morgan fingerprint density at radius 1 is 1.21 bits per heavy atom. The number of carbonyl (C=O) groups excluding carboxylic acids is 3. The number of amides is 2. The fourth-order valence-corrected chi connectivity index (χ4v) is 5.83. The summed E-state index contributed by atoms with van der Waals surface area (Å²) in [4.78, 5) is 41.5. The summed E-state index contributed by atoms with van der Waals surface area (Å²) in [5, 5.41) is 12.0. The van der Waals surface area contributed by atoms with Gasteiger partial charge in [0.25, 0.3) is 0 Å². The Labute approximate surface area is 194 Å². The zero-order chi connectivity index (χ0) is 23.4. The highest BCUT2D eigenvalue weighted by Gasteiger charge is 2.74. The maximum Gasteiger partial charge on any atom is 0.312 e. The Morgan fingerprint density at radius 2 is 1.97 bits per heavy atom. The van der Waals surface area contributed by atoms with Crippen LogP contribution in [0.3, 0.4) is 0 Å². The fraction of sp³-hybridized carbons (Fsp3) is 0.640. The lowest BCUT2D eigenvalue weighted by molar-refractivity contribution is -0.154. The summed E-state index contributed by atoms with van der Waals surface area (Å²) in [6, 6.07) is 8.87. The molecule has 2 amide bonds. The number of nitrogens with zero attached hydrogens (tertiary/aromatic N) is 1. The molecule has 5 atom stereocenters. The number of carbonyl (C=O) groups is 3. The van der Waals surface area contributed by atoms with Crippen molar-refractivity contribution in [2.75, 3.05) is 19.8 Å². The Bertz CT molecular complexity index is 862. The third kappa shape index (κ3) is 4.38. The van der Waals surface area contributed by atoms with Crippen molar-refractivity contribution in [3.8, 4) is 0 Å². The van der Waals surface area contributed by atoms with Crippen molar-refractivity contribution in [2.45, 2.75) is 69.7 Å². The number of ether oxygens (including phenoxy) is 2. The number of esters is 1. The van der Waals surface area contributed by atoms with Gasteiger partial charge in [0.1, 0.15) is 11.6 Å². The summed E-state index contributed by atoms with van der Waals surface area (Å²) < 4.78 is 11.6. The van der Waals surface area contributed by atoms with E-state index in [1.807, 2.05) is 30.3 Å². The quantitative estimate of drug-likeness (QED) is 0.387. The second-order valence-corrected chi connectivity index (χ2v) is 9.18. The van der Waals surface area contributed by atoms with E-state index in [9.17, 15) is 14.4 Å². The third-order valence-electron chi connectivity index (χ3n) is 7.22. The van der Waals surface area contributed by atoms with E-state index in [-0.39, 0.29) is 31.1 Å². The minimum absolute atomic E-state index is 0.148. The second-order valence-electron chi connectivity index (χ2n) is 9.18. The number of unbranched alkanes of at least 4 members (excludes halogenated alkanes) is 3. The molecule has 0 aromatic heterocycles. The van der Waals surface area contributed by atoms with E-state index in [2.05, 4.69) is 5.32 Å². The van der Waals surface area contributed by atoms with Gasteiger partial charge in [-0.15, -0.1) is 0 Å². The Morgan fingerprint density at radius 3 is 2.70 bits per heavy atom. The highest BCUT2D eigenvalue weighted by atomic mass is 16.6. The summed E-state index contributed by atoms with van der Waals surface area (Å²) in [5.74, 6) is -2.17. The molecule has 180 valence electrons. The van der Waals surface area contributed by atoms with Crippen LogP contribution in [0.25, 0.3) is 0 Å². The molecule has 1 aromatic carbocycles. The highest BCUT2D eigenvalue weighted by Crippen LogP contribution is 2.58. The Kier molecular flexibility index (Phi) is 7.34. The first-order chi connectivity index (χ1) is 16.0. The second kappa shape index (κ2) is 10.2. The van der Waals surface area contributed by atoms with Crippen molar-refractivity contribution in [1.29, 1.82) is 0 Å². The standard InChI is InChI=1S/C25H34N2O6/c1-2-32-24(31)19-18-12-13-25(33-18)20(19)23(30)27(14-8-3-4-9-15-28)21(25)22(29)26-16-17-10-6-5-7-11-17/h5-7,10-11,18-21,28H,2-4,8-9,12-16H2,1H3,(H,26,29)/t18-,19+,20+,21-,25+/m0/s1. The molecule has 3 fully saturated rings. The number of fused-ring (bicyclic) bond motifs is 1. The monoisotopic (exact) mass is 458 g/mol. The SMILES string of the molecule is CCOC(=O)[C@@H]1[C@@H]2CC[C@]3(O2)[C@H](C(=O)NCc2ccccc2)N(CCCCCCO)C(=O)[C@@H]13. The highest BCUT2D eigenvalue weighted by molar-refractivity contribution is 5.98. The molecule has 8 heteroatoms. The summed E-state index contributed by atoms with van der Waals surface area (Å²) in [6.07, 6.45) is 4.00. The lowest BCUT2D eigenvalue weighted by Crippen LogP contribution is -2.55. The normalized spacial score (nSPS) is 29.9. The minimum Gasteiger partial charge on any atom is -0.466 e. The lowest BCUT2D eigenvalue weighted by Gasteiger charge is -2.33. The molecule has 4 rings (SSSR count). The zero-order valence-corrected chi connectivity index (χ0v) is 19.2. The number of likely N-dealkylation sites (tertiary alicyclic amines) is 1. The Balaban J connectivity index is 1.56. The van der Waals surface area contributed by atoms with E-state index < -0.39 is 29.4 Å². The molecular weight excluding hydrogens is 424 g/mol. The van der Waals surface area contributed by atoms with E-state index in [0.717, 1.165) is 31.2 Å². The van der Waals surface area contributed by atoms with Gasteiger partial charge >= 0.3 is 5.97 Å². The van der Waals surface area contributed by atoms with Gasteiger partial charge in [0, 0.05) is 19.7 Å². The fourth-order valence-electron chi connectivity index (χ4n) is 5.83. The summed E-state index contributed by atoms with van der Waals surface area (Å²) in [6.45, 7) is 2.92. The van der Waals surface area contributed by atoms with Crippen LogP contribution < -0.4 is 5.32 Å². The van der Waals surface area contributed by atoms with Crippen LogP contribution in [0.4, 0.5) is 0 Å². The largest absolute Gasteiger partial charge is 0.466 e. The van der Waals surface area contributed by atoms with Crippen molar-refractivity contribution < 1.29 is 29.0 Å². The van der Waals surface area contributed by atoms with Crippen LogP contribution >= 0.6 is 0 Å². The molecule has 2 N–H and O–H groups in total. The average Bonchev–Trinajstić information content (AvgIpc) is 3.46. The molecule has 0 radical (unpaired) electrons. The maximum atomic E-state index is 13.6. The van der Waals surface area contributed by atoms with Crippen molar-refractivity contribution in [3.63, 3.8) is 0 Å². The first-order valence-corrected chi connectivity index (χ1v) is 12.1. The van der Waals surface area contributed by atoms with Crippen LogP contribution in [0.5, 0.6) is 0 Å². The minimum atomic E-state index is -0.981. The van der Waals surface area contributed by atoms with Gasteiger partial charge in [0.2, 0.25) is 11.8 Å². The number of benzene rings is 1. The number of hydrogen-bond acceptors (Lipinski definition) is 6. The number of aliphatic hydroxyl groups excluding tert-OH is 1. The van der Waals surface area contributed by atoms with Crippen molar-refractivity contribution in [3.05, 3.63) is 35.9 Å². The molecule has 3 saturated heterocycles. The van der Waals surface area contributed by atoms with Gasteiger partial charge < -0.3 is 24.8 Å². The molecule has 3 aliphatic rings. The molecule has 33 heavy (non-hydrogen) atoms. The molecule has 2 bridgehead atoms. The van der Waals surface area contributed by atoms with Crippen LogP contribution in [-0.2, 0) is 30.4 Å². The predicted molar refractivity (Wildman–Crippen MR) is 120 cm³/mol. The van der Waals surface area contributed by atoms with E-state index in [1.165, 1.54) is 0 Å². The topological polar surface area (TPSA) is 105 Å². The average molecular weight is 459 g/mol. The molecule has 3 heterocycles. The molecule has 1 spiro atoms. The van der Waals surface area contributed by atoms with Gasteiger partial charge in [-0.3, -0.25) is 14.4 Å². The van der Waals surface area contributed by atoms with Crippen LogP contribution in [0.15, 0.2) is 30.3 Å². The van der Waals surface area contributed by atoms with Crippen LogP contribution in [0, 0.1) is 11.8 Å². The van der Waals surface area contributed by atoms with E-state index in [4.69, 9.17) is 14.6 Å². The first-order valence-electron chi connectivity index (χ1n) is 12.1. The van der Waals surface area contributed by atoms with Crippen molar-refractivity contribution in [1.82, 2.24) is 10.2 Å². The van der Waals surface area contributed by atoms with Crippen molar-refractivity contribution >= 4 is 17.8 Å². The molecule has 0 saturated carbocycles. The molecule has 8 nitrogen and oxygen atoms in total. The predicted octanol–water partition coefficient (Wildman–Crippen LogP) is 1.79. The summed E-state index contributed by atoms with van der Waals surface area (Å²) >= 11 is 0. The van der Waals surface area contributed by atoms with Gasteiger partial charge in [-0.05, 0) is 38.2 Å². The first kappa shape index (κ1) is 23.7. The van der Waals surface area contributed by atoms with Gasteiger partial charge in [0.15, 0.2) is 0 Å². The van der Waals surface area contributed by atoms with E-state index in [1.54, 1.807) is 11.8 Å². The molecule has 0 aliphatic carbocycles. The van der Waals surface area contributed by atoms with Gasteiger partial charge in [-0.2, -0.15) is 0 Å². The van der Waals surface area contributed by atoms with Gasteiger partial charge in [0.05, 0.1) is 24.5 Å². The molecule has 1 aromatic rings. The van der Waals surface area contributed by atoms with Crippen LogP contribution in [0.1, 0.15) is 51.0 Å². The molecule has 0 unspecified atom stereocenters. The van der Waals surface area contributed by atoms with E-state index >= 15 is 0 Å². The molecule has 3 aliphatic heterocycles. The Hall–Kier alpha value is -2.45. The summed E-state index contributed by atoms with van der Waals surface area (Å²) in [5.41, 5.74) is -0.00813. The van der Waals surface area contributed by atoms with Crippen LogP contribution in [0.2, 0.25) is 0 Å². The smallest absolute Gasteiger partial charge is 0.312 e. The number of aliphatic hydroxyl groups is 1. The van der Waals surface area contributed by atoms with Crippen LogP contribution in [-0.4, -0.2) is 65.3 Å².